The number of aromatic carboxylic acids is 1. The molecule has 1 aromatic rings. The Kier molecular flexibility index (Phi) is 7.63. The van der Waals surface area contributed by atoms with E-state index in [0.29, 0.717) is 0 Å². The highest BCUT2D eigenvalue weighted by molar-refractivity contribution is 5.88. The Labute approximate surface area is 146 Å². The molecule has 0 spiro atoms. The molecule has 8 heteroatoms. The summed E-state index contributed by atoms with van der Waals surface area (Å²) in [5.41, 5.74) is -0.399. The van der Waals surface area contributed by atoms with Crippen LogP contribution in [0.2, 0.25) is 0 Å². The third-order valence-corrected chi connectivity index (χ3v) is 3.18. The maximum absolute atomic E-state index is 12.7. The van der Waals surface area contributed by atoms with Crippen LogP contribution in [0.4, 0.5) is 9.18 Å². The normalized spacial score (nSPS) is 16.4. The predicted molar refractivity (Wildman–Crippen MR) is 90.6 cm³/mol. The number of carbonyl (C=O) groups is 2. The zero-order valence-corrected chi connectivity index (χ0v) is 14.9. The molecule has 0 saturated carbocycles. The molecular formula is C17H25FN2O5. The Hall–Kier alpha value is -2.35. The van der Waals surface area contributed by atoms with E-state index in [4.69, 9.17) is 9.84 Å². The third-order valence-electron chi connectivity index (χ3n) is 3.18. The number of methoxy groups -OCH3 is 1. The molecule has 2 rings (SSSR count). The summed E-state index contributed by atoms with van der Waals surface area (Å²) < 4.78 is 22.4. The number of carboxylic acids is 1. The summed E-state index contributed by atoms with van der Waals surface area (Å²) in [5.74, 6) is -1.73. The molecule has 0 unspecified atom stereocenters. The molecular weight excluding hydrogens is 331 g/mol. The van der Waals surface area contributed by atoms with E-state index in [-0.39, 0.29) is 23.4 Å². The maximum atomic E-state index is 12.7. The molecule has 1 heterocycles. The summed E-state index contributed by atoms with van der Waals surface area (Å²) in [7, 11) is 1.28. The minimum Gasteiger partial charge on any atom is -0.494 e. The van der Waals surface area contributed by atoms with Crippen molar-refractivity contribution in [2.75, 3.05) is 20.2 Å². The van der Waals surface area contributed by atoms with Crippen LogP contribution >= 0.6 is 0 Å². The lowest BCUT2D eigenvalue weighted by Crippen LogP contribution is -2.40. The molecule has 1 atom stereocenters. The van der Waals surface area contributed by atoms with Crippen LogP contribution in [-0.2, 0) is 4.74 Å². The van der Waals surface area contributed by atoms with E-state index < -0.39 is 17.4 Å². The van der Waals surface area contributed by atoms with Crippen LogP contribution in [0.15, 0.2) is 18.2 Å². The van der Waals surface area contributed by atoms with E-state index in [0.717, 1.165) is 31.6 Å². The van der Waals surface area contributed by atoms with E-state index in [2.05, 4.69) is 15.4 Å². The van der Waals surface area contributed by atoms with Gasteiger partial charge >= 0.3 is 12.1 Å². The standard InChI is InChI=1S/C9H18N2O2.C8H7FO3/c1-9(2,3)13-8(12)11-7-4-5-10-6-7;1-12-7-4-5(8(10)11)2-3-6(7)9/h7,10H,4-6H2,1-3H3,(H,11,12);2-4H,1H3,(H,10,11)/t7-;/m0./s1. The smallest absolute Gasteiger partial charge is 0.407 e. The van der Waals surface area contributed by atoms with Gasteiger partial charge in [0.05, 0.1) is 12.7 Å². The lowest BCUT2D eigenvalue weighted by atomic mass is 10.2. The molecule has 1 fully saturated rings. The van der Waals surface area contributed by atoms with Crippen LogP contribution in [-0.4, -0.2) is 49.0 Å². The van der Waals surface area contributed by atoms with Crippen molar-refractivity contribution in [3.63, 3.8) is 0 Å². The van der Waals surface area contributed by atoms with Gasteiger partial charge in [0.2, 0.25) is 0 Å². The van der Waals surface area contributed by atoms with Crippen LogP contribution in [0.5, 0.6) is 5.75 Å². The van der Waals surface area contributed by atoms with Crippen LogP contribution < -0.4 is 15.4 Å². The molecule has 1 aliphatic heterocycles. The highest BCUT2D eigenvalue weighted by atomic mass is 19.1. The fourth-order valence-electron chi connectivity index (χ4n) is 2.04. The van der Waals surface area contributed by atoms with Crippen molar-refractivity contribution in [1.29, 1.82) is 0 Å². The molecule has 0 radical (unpaired) electrons. The van der Waals surface area contributed by atoms with Crippen molar-refractivity contribution >= 4 is 12.1 Å². The number of alkyl carbamates (subject to hydrolysis) is 1. The lowest BCUT2D eigenvalue weighted by Gasteiger charge is -2.21. The first kappa shape index (κ1) is 20.7. The van der Waals surface area contributed by atoms with Crippen molar-refractivity contribution < 1.29 is 28.6 Å². The molecule has 0 aliphatic carbocycles. The number of hydrogen-bond donors (Lipinski definition) is 3. The van der Waals surface area contributed by atoms with E-state index in [1.54, 1.807) is 0 Å². The van der Waals surface area contributed by atoms with Crippen molar-refractivity contribution in [2.24, 2.45) is 0 Å². The van der Waals surface area contributed by atoms with Crippen molar-refractivity contribution in [3.05, 3.63) is 29.6 Å². The van der Waals surface area contributed by atoms with Gasteiger partial charge in [0.25, 0.3) is 0 Å². The van der Waals surface area contributed by atoms with E-state index in [9.17, 15) is 14.0 Å². The SMILES string of the molecule is CC(C)(C)OC(=O)N[C@H]1CCNC1.COc1cc(C(=O)O)ccc1F. The van der Waals surface area contributed by atoms with Crippen LogP contribution in [0.3, 0.4) is 0 Å². The summed E-state index contributed by atoms with van der Waals surface area (Å²) in [6.45, 7) is 7.40. The monoisotopic (exact) mass is 356 g/mol. The Morgan fingerprint density at radius 1 is 1.36 bits per heavy atom. The predicted octanol–water partition coefficient (Wildman–Crippen LogP) is 2.41. The summed E-state index contributed by atoms with van der Waals surface area (Å²) in [6, 6.07) is 3.61. The average molecular weight is 356 g/mol. The summed E-state index contributed by atoms with van der Waals surface area (Å²) in [5, 5.41) is 14.5. The van der Waals surface area contributed by atoms with Gasteiger partial charge < -0.3 is 25.2 Å². The molecule has 1 amide bonds. The van der Waals surface area contributed by atoms with Gasteiger partial charge in [-0.3, -0.25) is 0 Å². The number of nitrogens with one attached hydrogen (secondary N) is 2. The molecule has 1 aliphatic rings. The molecule has 3 N–H and O–H groups in total. The highest BCUT2D eigenvalue weighted by Gasteiger charge is 2.21. The number of rotatable bonds is 3. The van der Waals surface area contributed by atoms with E-state index in [1.165, 1.54) is 13.2 Å². The maximum Gasteiger partial charge on any atom is 0.407 e. The summed E-state index contributed by atoms with van der Waals surface area (Å²) in [4.78, 5) is 21.7. The first-order valence-corrected chi connectivity index (χ1v) is 7.89. The molecule has 1 saturated heterocycles. The van der Waals surface area contributed by atoms with Crippen molar-refractivity contribution in [2.45, 2.75) is 38.8 Å². The van der Waals surface area contributed by atoms with Crippen LogP contribution in [0, 0.1) is 5.82 Å². The van der Waals surface area contributed by atoms with E-state index >= 15 is 0 Å². The fraction of sp³-hybridized carbons (Fsp3) is 0.529. The number of amides is 1. The number of benzene rings is 1. The van der Waals surface area contributed by atoms with Gasteiger partial charge in [0.15, 0.2) is 11.6 Å². The highest BCUT2D eigenvalue weighted by Crippen LogP contribution is 2.17. The Morgan fingerprint density at radius 2 is 2.04 bits per heavy atom. The zero-order valence-electron chi connectivity index (χ0n) is 14.9. The quantitative estimate of drug-likeness (QED) is 0.770. The van der Waals surface area contributed by atoms with Gasteiger partial charge in [0.1, 0.15) is 5.60 Å². The molecule has 1 aromatic carbocycles. The van der Waals surface area contributed by atoms with Crippen molar-refractivity contribution in [1.82, 2.24) is 10.6 Å². The summed E-state index contributed by atoms with van der Waals surface area (Å²) >= 11 is 0. The third kappa shape index (κ3) is 7.84. The molecule has 0 aromatic heterocycles. The summed E-state index contributed by atoms with van der Waals surface area (Å²) in [6.07, 6.45) is 0.667. The topological polar surface area (TPSA) is 96.9 Å². The minimum absolute atomic E-state index is 0.00764. The fourth-order valence-corrected chi connectivity index (χ4v) is 2.04. The lowest BCUT2D eigenvalue weighted by molar-refractivity contribution is 0.0508. The Bertz CT molecular complexity index is 595. The van der Waals surface area contributed by atoms with Gasteiger partial charge in [-0.05, 0) is 51.9 Å². The largest absolute Gasteiger partial charge is 0.494 e. The van der Waals surface area contributed by atoms with Gasteiger partial charge in [-0.25, -0.2) is 14.0 Å². The molecule has 140 valence electrons. The van der Waals surface area contributed by atoms with Gasteiger partial charge in [-0.1, -0.05) is 0 Å². The zero-order chi connectivity index (χ0) is 19.0. The first-order valence-electron chi connectivity index (χ1n) is 7.89. The van der Waals surface area contributed by atoms with Gasteiger partial charge in [-0.15, -0.1) is 0 Å². The Morgan fingerprint density at radius 3 is 2.52 bits per heavy atom. The average Bonchev–Trinajstić information content (AvgIpc) is 2.99. The van der Waals surface area contributed by atoms with Crippen molar-refractivity contribution in [3.8, 4) is 5.75 Å². The van der Waals surface area contributed by atoms with Gasteiger partial charge in [-0.2, -0.15) is 0 Å². The second-order valence-electron chi connectivity index (χ2n) is 6.49. The number of halogens is 1. The first-order chi connectivity index (χ1) is 11.6. The number of carboxylic acid groups (broad SMARTS) is 1. The molecule has 0 bridgehead atoms. The molecule has 25 heavy (non-hydrogen) atoms. The van der Waals surface area contributed by atoms with Gasteiger partial charge in [0, 0.05) is 12.6 Å². The number of carbonyl (C=O) groups excluding carboxylic acids is 1. The minimum atomic E-state index is -1.10. The molecule has 7 nitrogen and oxygen atoms in total. The number of ether oxygens (including phenoxy) is 2. The second-order valence-corrected chi connectivity index (χ2v) is 6.49. The second kappa shape index (κ2) is 9.22. The van der Waals surface area contributed by atoms with Crippen LogP contribution in [0.25, 0.3) is 0 Å². The Balaban J connectivity index is 0.000000251. The van der Waals surface area contributed by atoms with E-state index in [1.807, 2.05) is 20.8 Å². The number of hydrogen-bond acceptors (Lipinski definition) is 5. The van der Waals surface area contributed by atoms with Crippen LogP contribution in [0.1, 0.15) is 37.6 Å².